The predicted molar refractivity (Wildman–Crippen MR) is 80.8 cm³/mol. The van der Waals surface area contributed by atoms with E-state index in [1.165, 1.54) is 4.90 Å². The van der Waals surface area contributed by atoms with Gasteiger partial charge in [0.25, 0.3) is 0 Å². The molecule has 2 unspecified atom stereocenters. The molecule has 1 heterocycles. The van der Waals surface area contributed by atoms with Crippen LogP contribution in [-0.4, -0.2) is 27.6 Å². The molecule has 0 saturated heterocycles. The maximum absolute atomic E-state index is 9.85. The number of nitrogens with zero attached hydrogens (tertiary/aromatic N) is 2. The molecule has 0 aliphatic heterocycles. The molecule has 108 valence electrons. The van der Waals surface area contributed by atoms with Crippen LogP contribution in [0.4, 0.5) is 0 Å². The summed E-state index contributed by atoms with van der Waals surface area (Å²) >= 11 is 1.69. The van der Waals surface area contributed by atoms with Crippen molar-refractivity contribution in [1.82, 2.24) is 10.1 Å². The van der Waals surface area contributed by atoms with E-state index in [4.69, 9.17) is 4.52 Å². The Bertz CT molecular complexity index is 541. The molecule has 0 amide bonds. The van der Waals surface area contributed by atoms with Gasteiger partial charge in [-0.15, -0.1) is 11.8 Å². The average molecular weight is 292 g/mol. The minimum Gasteiger partial charge on any atom is -0.393 e. The molecule has 4 nitrogen and oxygen atoms in total. The van der Waals surface area contributed by atoms with Crippen molar-refractivity contribution in [2.24, 2.45) is 5.92 Å². The third-order valence-corrected chi connectivity index (χ3v) is 4.06. The number of aliphatic hydroxyl groups is 1. The lowest BCUT2D eigenvalue weighted by molar-refractivity contribution is 0.120. The highest BCUT2D eigenvalue weighted by Gasteiger charge is 2.27. The fraction of sp³-hybridized carbons (Fsp3) is 0.467. The van der Waals surface area contributed by atoms with Gasteiger partial charge in [-0.3, -0.25) is 0 Å². The first-order valence-electron chi connectivity index (χ1n) is 6.69. The Morgan fingerprint density at radius 2 is 1.80 bits per heavy atom. The summed E-state index contributed by atoms with van der Waals surface area (Å²) in [4.78, 5) is 5.63. The van der Waals surface area contributed by atoms with Crippen molar-refractivity contribution >= 4 is 11.8 Å². The van der Waals surface area contributed by atoms with Gasteiger partial charge < -0.3 is 9.63 Å². The molecule has 0 spiro atoms. The van der Waals surface area contributed by atoms with Crippen molar-refractivity contribution in [2.75, 3.05) is 6.26 Å². The Labute approximate surface area is 123 Å². The smallest absolute Gasteiger partial charge is 0.232 e. The topological polar surface area (TPSA) is 59.2 Å². The van der Waals surface area contributed by atoms with Gasteiger partial charge in [0, 0.05) is 10.5 Å². The molecule has 0 aliphatic rings. The summed E-state index contributed by atoms with van der Waals surface area (Å²) in [5.74, 6) is 1.17. The van der Waals surface area contributed by atoms with Crippen LogP contribution in [0.2, 0.25) is 0 Å². The van der Waals surface area contributed by atoms with E-state index >= 15 is 0 Å². The van der Waals surface area contributed by atoms with E-state index in [0.717, 1.165) is 5.56 Å². The van der Waals surface area contributed by atoms with Gasteiger partial charge in [0.05, 0.1) is 12.0 Å². The summed E-state index contributed by atoms with van der Waals surface area (Å²) in [5.41, 5.74) is 0.922. The number of hydrogen-bond acceptors (Lipinski definition) is 5. The normalized spacial score (nSPS) is 14.5. The van der Waals surface area contributed by atoms with Crippen LogP contribution in [0, 0.1) is 5.92 Å². The molecule has 2 rings (SSSR count). The van der Waals surface area contributed by atoms with Gasteiger partial charge in [-0.05, 0) is 43.4 Å². The van der Waals surface area contributed by atoms with Crippen LogP contribution in [0.5, 0.6) is 0 Å². The zero-order valence-electron chi connectivity index (χ0n) is 12.2. The molecule has 2 aromatic rings. The first-order chi connectivity index (χ1) is 9.52. The second kappa shape index (κ2) is 6.41. The summed E-state index contributed by atoms with van der Waals surface area (Å²) < 4.78 is 5.33. The van der Waals surface area contributed by atoms with Gasteiger partial charge in [-0.2, -0.15) is 4.98 Å². The van der Waals surface area contributed by atoms with Crippen molar-refractivity contribution < 1.29 is 9.63 Å². The first kappa shape index (κ1) is 15.1. The van der Waals surface area contributed by atoms with Crippen molar-refractivity contribution in [3.63, 3.8) is 0 Å². The summed E-state index contributed by atoms with van der Waals surface area (Å²) in [6, 6.07) is 8.02. The van der Waals surface area contributed by atoms with Crippen molar-refractivity contribution in [1.29, 1.82) is 0 Å². The molecule has 0 bridgehead atoms. The molecule has 0 fully saturated rings. The number of hydrogen-bond donors (Lipinski definition) is 1. The molecular weight excluding hydrogens is 272 g/mol. The molecular formula is C15H20N2O2S. The number of aliphatic hydroxyl groups excluding tert-OH is 1. The Morgan fingerprint density at radius 3 is 2.30 bits per heavy atom. The Hall–Kier alpha value is -1.33. The largest absolute Gasteiger partial charge is 0.393 e. The van der Waals surface area contributed by atoms with Crippen LogP contribution >= 0.6 is 11.8 Å². The highest BCUT2D eigenvalue weighted by Crippen LogP contribution is 2.29. The molecule has 0 radical (unpaired) electrons. The second-order valence-electron chi connectivity index (χ2n) is 5.20. The number of benzene rings is 1. The summed E-state index contributed by atoms with van der Waals surface area (Å²) in [6.45, 7) is 5.82. The van der Waals surface area contributed by atoms with Crippen LogP contribution in [0.25, 0.3) is 11.4 Å². The van der Waals surface area contributed by atoms with Crippen molar-refractivity contribution in [3.05, 3.63) is 30.2 Å². The molecule has 2 atom stereocenters. The standard InChI is InChI=1S/C15H20N2O2S/c1-9(2)13(10(3)18)15-16-14(17-19-15)11-5-7-12(20-4)8-6-11/h5-10,13,18H,1-4H3. The minimum absolute atomic E-state index is 0.137. The SMILES string of the molecule is CSc1ccc(-c2noc(C(C(C)C)C(C)O)n2)cc1. The molecule has 1 N–H and O–H groups in total. The summed E-state index contributed by atoms with van der Waals surface area (Å²) in [7, 11) is 0. The molecule has 0 aliphatic carbocycles. The van der Waals surface area contributed by atoms with Crippen LogP contribution in [0.15, 0.2) is 33.7 Å². The van der Waals surface area contributed by atoms with Crippen LogP contribution in [0.1, 0.15) is 32.6 Å². The summed E-state index contributed by atoms with van der Waals surface area (Å²) in [5, 5.41) is 13.9. The predicted octanol–water partition coefficient (Wildman–Crippen LogP) is 3.58. The molecule has 5 heteroatoms. The third kappa shape index (κ3) is 3.22. The van der Waals surface area contributed by atoms with Crippen LogP contribution < -0.4 is 0 Å². The zero-order chi connectivity index (χ0) is 14.7. The zero-order valence-corrected chi connectivity index (χ0v) is 13.0. The highest BCUT2D eigenvalue weighted by atomic mass is 32.2. The number of aromatic nitrogens is 2. The number of thioether (sulfide) groups is 1. The van der Waals surface area contributed by atoms with Crippen molar-refractivity contribution in [2.45, 2.75) is 37.7 Å². The Balaban J connectivity index is 2.27. The van der Waals surface area contributed by atoms with E-state index in [9.17, 15) is 5.11 Å². The van der Waals surface area contributed by atoms with E-state index in [0.29, 0.717) is 11.7 Å². The van der Waals surface area contributed by atoms with E-state index in [2.05, 4.69) is 10.1 Å². The lowest BCUT2D eigenvalue weighted by Gasteiger charge is -2.19. The van der Waals surface area contributed by atoms with Crippen molar-refractivity contribution in [3.8, 4) is 11.4 Å². The Kier molecular flexibility index (Phi) is 4.83. The molecule has 20 heavy (non-hydrogen) atoms. The first-order valence-corrected chi connectivity index (χ1v) is 7.91. The van der Waals surface area contributed by atoms with E-state index in [-0.39, 0.29) is 11.8 Å². The van der Waals surface area contributed by atoms with Gasteiger partial charge in [-0.25, -0.2) is 0 Å². The fourth-order valence-corrected chi connectivity index (χ4v) is 2.68. The third-order valence-electron chi connectivity index (χ3n) is 3.31. The number of rotatable bonds is 5. The summed E-state index contributed by atoms with van der Waals surface area (Å²) in [6.07, 6.45) is 1.53. The highest BCUT2D eigenvalue weighted by molar-refractivity contribution is 7.98. The lowest BCUT2D eigenvalue weighted by Crippen LogP contribution is -2.20. The maximum Gasteiger partial charge on any atom is 0.232 e. The maximum atomic E-state index is 9.85. The van der Waals surface area contributed by atoms with Gasteiger partial charge in [0.15, 0.2) is 0 Å². The van der Waals surface area contributed by atoms with Crippen LogP contribution in [0.3, 0.4) is 0 Å². The minimum atomic E-state index is -0.512. The fourth-order valence-electron chi connectivity index (χ4n) is 2.28. The van der Waals surface area contributed by atoms with E-state index < -0.39 is 6.10 Å². The van der Waals surface area contributed by atoms with Gasteiger partial charge in [0.2, 0.25) is 11.7 Å². The molecule has 0 saturated carbocycles. The van der Waals surface area contributed by atoms with Gasteiger partial charge >= 0.3 is 0 Å². The molecule has 1 aromatic carbocycles. The molecule has 1 aromatic heterocycles. The quantitative estimate of drug-likeness (QED) is 0.854. The average Bonchev–Trinajstić information content (AvgIpc) is 2.87. The lowest BCUT2D eigenvalue weighted by atomic mass is 9.91. The second-order valence-corrected chi connectivity index (χ2v) is 6.07. The Morgan fingerprint density at radius 1 is 1.15 bits per heavy atom. The van der Waals surface area contributed by atoms with E-state index in [1.54, 1.807) is 18.7 Å². The monoisotopic (exact) mass is 292 g/mol. The van der Waals surface area contributed by atoms with E-state index in [1.807, 2.05) is 44.4 Å². The van der Waals surface area contributed by atoms with Gasteiger partial charge in [-0.1, -0.05) is 19.0 Å². The van der Waals surface area contributed by atoms with Crippen LogP contribution in [-0.2, 0) is 0 Å². The van der Waals surface area contributed by atoms with Gasteiger partial charge in [0.1, 0.15) is 0 Å².